The summed E-state index contributed by atoms with van der Waals surface area (Å²) >= 11 is 1.79. The Balaban J connectivity index is 1.86. The van der Waals surface area contributed by atoms with Crippen molar-refractivity contribution in [3.8, 4) is 0 Å². The Morgan fingerprint density at radius 1 is 1.64 bits per heavy atom. The highest BCUT2D eigenvalue weighted by Crippen LogP contribution is 2.17. The third kappa shape index (κ3) is 2.04. The van der Waals surface area contributed by atoms with Gasteiger partial charge in [0.1, 0.15) is 0 Å². The van der Waals surface area contributed by atoms with E-state index in [1.807, 2.05) is 4.90 Å². The number of methoxy groups -OCH3 is 1. The highest BCUT2D eigenvalue weighted by Gasteiger charge is 2.32. The minimum atomic E-state index is 0.0376. The molecule has 4 nitrogen and oxygen atoms in total. The summed E-state index contributed by atoms with van der Waals surface area (Å²) in [5.41, 5.74) is 0. The van der Waals surface area contributed by atoms with E-state index in [4.69, 9.17) is 4.74 Å². The second kappa shape index (κ2) is 4.51. The summed E-state index contributed by atoms with van der Waals surface area (Å²) in [6, 6.07) is 0.0376. The van der Waals surface area contributed by atoms with Crippen molar-refractivity contribution in [1.29, 1.82) is 0 Å². The maximum absolute atomic E-state index is 11.9. The van der Waals surface area contributed by atoms with E-state index in [1.165, 1.54) is 0 Å². The van der Waals surface area contributed by atoms with Crippen molar-refractivity contribution in [3.05, 3.63) is 0 Å². The first kappa shape index (κ1) is 10.3. The molecule has 2 rings (SSSR count). The lowest BCUT2D eigenvalue weighted by molar-refractivity contribution is -0.132. The summed E-state index contributed by atoms with van der Waals surface area (Å²) in [6.45, 7) is 1.61. The normalized spacial score (nSPS) is 32.5. The van der Waals surface area contributed by atoms with Crippen LogP contribution in [0.2, 0.25) is 0 Å². The Morgan fingerprint density at radius 3 is 3.07 bits per heavy atom. The zero-order valence-corrected chi connectivity index (χ0v) is 9.18. The largest absolute Gasteiger partial charge is 0.380 e. The van der Waals surface area contributed by atoms with Crippen LogP contribution >= 0.6 is 11.8 Å². The molecule has 0 bridgehead atoms. The number of amides is 1. The second-order valence-electron chi connectivity index (χ2n) is 3.70. The molecule has 2 heterocycles. The minimum absolute atomic E-state index is 0.0376. The van der Waals surface area contributed by atoms with Crippen LogP contribution in [0.5, 0.6) is 0 Å². The van der Waals surface area contributed by atoms with Gasteiger partial charge in [0.05, 0.1) is 12.1 Å². The number of thioether (sulfide) groups is 1. The van der Waals surface area contributed by atoms with E-state index < -0.39 is 0 Å². The highest BCUT2D eigenvalue weighted by molar-refractivity contribution is 7.99. The number of nitrogens with one attached hydrogen (secondary N) is 1. The number of rotatable bonds is 2. The van der Waals surface area contributed by atoms with E-state index in [1.54, 1.807) is 18.9 Å². The number of carbonyl (C=O) groups is 1. The summed E-state index contributed by atoms with van der Waals surface area (Å²) < 4.78 is 5.23. The molecule has 0 unspecified atom stereocenters. The number of nitrogens with zero attached hydrogens (tertiary/aromatic N) is 1. The monoisotopic (exact) mass is 216 g/mol. The van der Waals surface area contributed by atoms with Crippen LogP contribution in [-0.4, -0.2) is 54.8 Å². The number of hydrogen-bond acceptors (Lipinski definition) is 4. The van der Waals surface area contributed by atoms with Crippen molar-refractivity contribution in [2.24, 2.45) is 0 Å². The van der Waals surface area contributed by atoms with Crippen molar-refractivity contribution in [2.45, 2.75) is 18.6 Å². The Kier molecular flexibility index (Phi) is 3.30. The summed E-state index contributed by atoms with van der Waals surface area (Å²) in [5, 5.41) is 3.20. The molecule has 5 heteroatoms. The molecule has 2 aliphatic rings. The average molecular weight is 216 g/mol. The summed E-state index contributed by atoms with van der Waals surface area (Å²) in [6.07, 6.45) is 1.22. The second-order valence-corrected chi connectivity index (χ2v) is 4.73. The van der Waals surface area contributed by atoms with Gasteiger partial charge in [-0.05, 0) is 6.42 Å². The maximum atomic E-state index is 11.9. The summed E-state index contributed by atoms with van der Waals surface area (Å²) in [4.78, 5) is 13.8. The molecule has 0 spiro atoms. The first-order chi connectivity index (χ1) is 6.81. The molecular weight excluding hydrogens is 200 g/mol. The highest BCUT2D eigenvalue weighted by atomic mass is 32.2. The van der Waals surface area contributed by atoms with Crippen molar-refractivity contribution < 1.29 is 9.53 Å². The molecule has 1 N–H and O–H groups in total. The first-order valence-electron chi connectivity index (χ1n) is 4.94. The van der Waals surface area contributed by atoms with Gasteiger partial charge in [-0.25, -0.2) is 0 Å². The maximum Gasteiger partial charge on any atom is 0.240 e. The van der Waals surface area contributed by atoms with Gasteiger partial charge in [0, 0.05) is 31.8 Å². The SMILES string of the molecule is CO[C@H]1CCN(C(=O)[C@H]2CSCN2)C1. The molecule has 0 saturated carbocycles. The smallest absolute Gasteiger partial charge is 0.240 e. The molecule has 0 aromatic rings. The van der Waals surface area contributed by atoms with Gasteiger partial charge in [-0.2, -0.15) is 0 Å². The van der Waals surface area contributed by atoms with Crippen LogP contribution in [0.1, 0.15) is 6.42 Å². The summed E-state index contributed by atoms with van der Waals surface area (Å²) in [7, 11) is 1.71. The Labute approximate surface area is 88.4 Å². The van der Waals surface area contributed by atoms with E-state index in [0.717, 1.165) is 31.1 Å². The Hall–Kier alpha value is -0.260. The Bertz CT molecular complexity index is 219. The van der Waals surface area contributed by atoms with Crippen LogP contribution in [0.15, 0.2) is 0 Å². The lowest BCUT2D eigenvalue weighted by Crippen LogP contribution is -2.44. The molecule has 0 aromatic carbocycles. The topological polar surface area (TPSA) is 41.6 Å². The van der Waals surface area contributed by atoms with E-state index >= 15 is 0 Å². The molecule has 2 fully saturated rings. The van der Waals surface area contributed by atoms with Crippen molar-refractivity contribution >= 4 is 17.7 Å². The molecule has 2 saturated heterocycles. The van der Waals surface area contributed by atoms with Gasteiger partial charge >= 0.3 is 0 Å². The van der Waals surface area contributed by atoms with Crippen molar-refractivity contribution in [2.75, 3.05) is 31.8 Å². The first-order valence-corrected chi connectivity index (χ1v) is 6.09. The molecule has 2 aliphatic heterocycles. The molecule has 0 aliphatic carbocycles. The number of ether oxygens (including phenoxy) is 1. The van der Waals surface area contributed by atoms with Gasteiger partial charge in [-0.15, -0.1) is 11.8 Å². The fraction of sp³-hybridized carbons (Fsp3) is 0.889. The fourth-order valence-corrected chi connectivity index (χ4v) is 2.83. The Morgan fingerprint density at radius 2 is 2.50 bits per heavy atom. The van der Waals surface area contributed by atoms with E-state index in [2.05, 4.69) is 5.32 Å². The molecular formula is C9H16N2O2S. The van der Waals surface area contributed by atoms with Gasteiger partial charge in [-0.3, -0.25) is 10.1 Å². The van der Waals surface area contributed by atoms with Gasteiger partial charge in [0.2, 0.25) is 5.91 Å². The van der Waals surface area contributed by atoms with Crippen LogP contribution in [0.25, 0.3) is 0 Å². The van der Waals surface area contributed by atoms with E-state index in [-0.39, 0.29) is 18.1 Å². The van der Waals surface area contributed by atoms with Crippen molar-refractivity contribution in [3.63, 3.8) is 0 Å². The average Bonchev–Trinajstić information content (AvgIpc) is 2.88. The molecule has 0 radical (unpaired) electrons. The molecule has 0 aromatic heterocycles. The molecule has 80 valence electrons. The fourth-order valence-electron chi connectivity index (χ4n) is 1.89. The minimum Gasteiger partial charge on any atom is -0.380 e. The van der Waals surface area contributed by atoms with E-state index in [0.29, 0.717) is 0 Å². The predicted molar refractivity (Wildman–Crippen MR) is 56.2 cm³/mol. The number of hydrogen-bond donors (Lipinski definition) is 1. The van der Waals surface area contributed by atoms with Crippen LogP contribution in [0, 0.1) is 0 Å². The number of carbonyl (C=O) groups excluding carboxylic acids is 1. The van der Waals surface area contributed by atoms with Gasteiger partial charge < -0.3 is 9.64 Å². The third-order valence-electron chi connectivity index (χ3n) is 2.80. The van der Waals surface area contributed by atoms with Crippen LogP contribution in [0.4, 0.5) is 0 Å². The summed E-state index contributed by atoms with van der Waals surface area (Å²) in [5.74, 6) is 2.06. The van der Waals surface area contributed by atoms with Crippen molar-refractivity contribution in [1.82, 2.24) is 10.2 Å². The molecule has 14 heavy (non-hydrogen) atoms. The van der Waals surface area contributed by atoms with Gasteiger partial charge in [0.15, 0.2) is 0 Å². The molecule has 2 atom stereocenters. The zero-order chi connectivity index (χ0) is 9.97. The standard InChI is InChI=1S/C9H16N2O2S/c1-13-7-2-3-11(4-7)9(12)8-5-14-6-10-8/h7-8,10H,2-6H2,1H3/t7-,8+/m0/s1. The van der Waals surface area contributed by atoms with Gasteiger partial charge in [-0.1, -0.05) is 0 Å². The van der Waals surface area contributed by atoms with Crippen LogP contribution in [-0.2, 0) is 9.53 Å². The van der Waals surface area contributed by atoms with Gasteiger partial charge in [0.25, 0.3) is 0 Å². The lowest BCUT2D eigenvalue weighted by Gasteiger charge is -2.19. The quantitative estimate of drug-likeness (QED) is 0.699. The van der Waals surface area contributed by atoms with Crippen LogP contribution in [0.3, 0.4) is 0 Å². The predicted octanol–water partition coefficient (Wildman–Crippen LogP) is -0.104. The number of likely N-dealkylation sites (tertiary alicyclic amines) is 1. The molecule has 1 amide bonds. The van der Waals surface area contributed by atoms with Crippen LogP contribution < -0.4 is 5.32 Å². The lowest BCUT2D eigenvalue weighted by atomic mass is 10.3. The third-order valence-corrected chi connectivity index (χ3v) is 3.74. The zero-order valence-electron chi connectivity index (χ0n) is 8.36. The van der Waals surface area contributed by atoms with E-state index in [9.17, 15) is 4.79 Å².